The van der Waals surface area contributed by atoms with Gasteiger partial charge in [0.1, 0.15) is 5.82 Å². The number of hydrogen-bond donors (Lipinski definition) is 1. The monoisotopic (exact) mass is 284 g/mol. The predicted molar refractivity (Wildman–Crippen MR) is 74.0 cm³/mol. The van der Waals surface area contributed by atoms with Crippen LogP contribution in [0.15, 0.2) is 18.2 Å². The standard InChI is InChI=1S/C14H18ClFN2O/c1-17-9-10-5-2-3-8-18(10)14(19)13-11(15)6-4-7-12(13)16/h4,6-7,10,17H,2-3,5,8-9H2,1H3. The molecule has 2 rings (SSSR count). The van der Waals surface area contributed by atoms with Crippen LogP contribution in [-0.2, 0) is 0 Å². The van der Waals surface area contributed by atoms with Gasteiger partial charge in [-0.25, -0.2) is 4.39 Å². The number of carbonyl (C=O) groups excluding carboxylic acids is 1. The number of nitrogens with zero attached hydrogens (tertiary/aromatic N) is 1. The van der Waals surface area contributed by atoms with Crippen molar-refractivity contribution >= 4 is 17.5 Å². The minimum Gasteiger partial charge on any atom is -0.334 e. The molecule has 1 aliphatic rings. The Morgan fingerprint density at radius 2 is 2.32 bits per heavy atom. The number of carbonyl (C=O) groups is 1. The topological polar surface area (TPSA) is 32.3 Å². The Kier molecular flexibility index (Phi) is 4.77. The van der Waals surface area contributed by atoms with E-state index >= 15 is 0 Å². The van der Waals surface area contributed by atoms with Gasteiger partial charge in [0.15, 0.2) is 0 Å². The molecular weight excluding hydrogens is 267 g/mol. The van der Waals surface area contributed by atoms with Crippen LogP contribution in [0, 0.1) is 5.82 Å². The van der Waals surface area contributed by atoms with Crippen LogP contribution in [0.2, 0.25) is 5.02 Å². The smallest absolute Gasteiger partial charge is 0.258 e. The van der Waals surface area contributed by atoms with Gasteiger partial charge in [-0.2, -0.15) is 0 Å². The van der Waals surface area contributed by atoms with Crippen LogP contribution in [0.25, 0.3) is 0 Å². The van der Waals surface area contributed by atoms with Gasteiger partial charge >= 0.3 is 0 Å². The molecule has 1 aromatic carbocycles. The van der Waals surface area contributed by atoms with Crippen LogP contribution in [0.4, 0.5) is 4.39 Å². The lowest BCUT2D eigenvalue weighted by Crippen LogP contribution is -2.48. The molecule has 1 aliphatic heterocycles. The predicted octanol–water partition coefficient (Wildman–Crippen LogP) is 2.69. The number of likely N-dealkylation sites (N-methyl/N-ethyl adjacent to an activating group) is 1. The molecule has 19 heavy (non-hydrogen) atoms. The Balaban J connectivity index is 2.26. The summed E-state index contributed by atoms with van der Waals surface area (Å²) in [5, 5.41) is 3.26. The molecule has 0 aromatic heterocycles. The van der Waals surface area contributed by atoms with Crippen LogP contribution in [0.3, 0.4) is 0 Å². The Labute approximate surface area is 117 Å². The van der Waals surface area contributed by atoms with Crippen molar-refractivity contribution < 1.29 is 9.18 Å². The first-order valence-electron chi connectivity index (χ1n) is 6.54. The van der Waals surface area contributed by atoms with Crippen LogP contribution in [-0.4, -0.2) is 37.0 Å². The lowest BCUT2D eigenvalue weighted by molar-refractivity contribution is 0.0610. The normalized spacial score (nSPS) is 19.5. The Hall–Kier alpha value is -1.13. The van der Waals surface area contributed by atoms with Gasteiger partial charge in [0.05, 0.1) is 10.6 Å². The second kappa shape index (κ2) is 6.35. The van der Waals surface area contributed by atoms with E-state index in [1.165, 1.54) is 12.1 Å². The van der Waals surface area contributed by atoms with Gasteiger partial charge in [0, 0.05) is 19.1 Å². The maximum Gasteiger partial charge on any atom is 0.258 e. The molecule has 0 spiro atoms. The van der Waals surface area contributed by atoms with Gasteiger partial charge in [-0.15, -0.1) is 0 Å². The minimum atomic E-state index is -0.550. The fraction of sp³-hybridized carbons (Fsp3) is 0.500. The molecule has 1 N–H and O–H groups in total. The zero-order valence-corrected chi connectivity index (χ0v) is 11.7. The summed E-state index contributed by atoms with van der Waals surface area (Å²) in [6.07, 6.45) is 3.00. The quantitative estimate of drug-likeness (QED) is 0.926. The lowest BCUT2D eigenvalue weighted by atomic mass is 10.0. The van der Waals surface area contributed by atoms with Gasteiger partial charge in [0.25, 0.3) is 5.91 Å². The molecule has 1 unspecified atom stereocenters. The molecule has 1 atom stereocenters. The average Bonchev–Trinajstić information content (AvgIpc) is 2.39. The molecule has 5 heteroatoms. The van der Waals surface area contributed by atoms with Crippen molar-refractivity contribution in [1.82, 2.24) is 10.2 Å². The summed E-state index contributed by atoms with van der Waals surface area (Å²) in [6, 6.07) is 4.45. The van der Waals surface area contributed by atoms with Crippen LogP contribution in [0.5, 0.6) is 0 Å². The van der Waals surface area contributed by atoms with Crippen LogP contribution in [0.1, 0.15) is 29.6 Å². The molecular formula is C14H18ClFN2O. The molecule has 1 fully saturated rings. The maximum absolute atomic E-state index is 13.8. The van der Waals surface area contributed by atoms with E-state index in [1.807, 2.05) is 7.05 Å². The SMILES string of the molecule is CNCC1CCCCN1C(=O)c1c(F)cccc1Cl. The molecule has 0 saturated carbocycles. The minimum absolute atomic E-state index is 0.00725. The van der Waals surface area contributed by atoms with E-state index < -0.39 is 5.82 Å². The Morgan fingerprint density at radius 1 is 1.53 bits per heavy atom. The van der Waals surface area contributed by atoms with Crippen LogP contribution < -0.4 is 5.32 Å². The molecule has 0 radical (unpaired) electrons. The highest BCUT2D eigenvalue weighted by Crippen LogP contribution is 2.25. The van der Waals surface area contributed by atoms with Crippen molar-refractivity contribution in [2.75, 3.05) is 20.1 Å². The van der Waals surface area contributed by atoms with Gasteiger partial charge in [0.2, 0.25) is 0 Å². The van der Waals surface area contributed by atoms with Gasteiger partial charge in [-0.05, 0) is 38.4 Å². The number of amides is 1. The number of benzene rings is 1. The van der Waals surface area contributed by atoms with E-state index in [-0.39, 0.29) is 22.5 Å². The molecule has 1 saturated heterocycles. The Morgan fingerprint density at radius 3 is 3.00 bits per heavy atom. The molecule has 104 valence electrons. The van der Waals surface area contributed by atoms with E-state index in [2.05, 4.69) is 5.32 Å². The van der Waals surface area contributed by atoms with Crippen LogP contribution >= 0.6 is 11.6 Å². The molecule has 1 amide bonds. The summed E-state index contributed by atoms with van der Waals surface area (Å²) in [7, 11) is 1.85. The molecule has 3 nitrogen and oxygen atoms in total. The zero-order chi connectivity index (χ0) is 13.8. The lowest BCUT2D eigenvalue weighted by Gasteiger charge is -2.36. The highest BCUT2D eigenvalue weighted by molar-refractivity contribution is 6.33. The number of likely N-dealkylation sites (tertiary alicyclic amines) is 1. The zero-order valence-electron chi connectivity index (χ0n) is 11.0. The molecule has 0 bridgehead atoms. The summed E-state index contributed by atoms with van der Waals surface area (Å²) in [6.45, 7) is 1.38. The summed E-state index contributed by atoms with van der Waals surface area (Å²) in [5.74, 6) is -0.852. The van der Waals surface area contributed by atoms with Crippen molar-refractivity contribution in [3.05, 3.63) is 34.6 Å². The fourth-order valence-corrected chi connectivity index (χ4v) is 2.81. The number of nitrogens with one attached hydrogen (secondary N) is 1. The first kappa shape index (κ1) is 14.3. The van der Waals surface area contributed by atoms with E-state index in [0.717, 1.165) is 25.8 Å². The van der Waals surface area contributed by atoms with Crippen molar-refractivity contribution in [3.63, 3.8) is 0 Å². The third kappa shape index (κ3) is 3.07. The second-order valence-corrected chi connectivity index (χ2v) is 5.21. The van der Waals surface area contributed by atoms with Crippen molar-refractivity contribution in [3.8, 4) is 0 Å². The van der Waals surface area contributed by atoms with E-state index in [9.17, 15) is 9.18 Å². The summed E-state index contributed by atoms with van der Waals surface area (Å²) in [4.78, 5) is 14.2. The largest absolute Gasteiger partial charge is 0.334 e. The third-order valence-corrected chi connectivity index (χ3v) is 3.82. The Bertz CT molecular complexity index is 445. The van der Waals surface area contributed by atoms with E-state index in [0.29, 0.717) is 6.54 Å². The summed E-state index contributed by atoms with van der Waals surface area (Å²) >= 11 is 5.97. The van der Waals surface area contributed by atoms with E-state index in [1.54, 1.807) is 11.0 Å². The number of piperidine rings is 1. The van der Waals surface area contributed by atoms with Crippen molar-refractivity contribution in [2.24, 2.45) is 0 Å². The number of rotatable bonds is 3. The molecule has 1 aromatic rings. The number of hydrogen-bond acceptors (Lipinski definition) is 2. The summed E-state index contributed by atoms with van der Waals surface area (Å²) in [5.41, 5.74) is -0.00725. The first-order valence-corrected chi connectivity index (χ1v) is 6.92. The first-order chi connectivity index (χ1) is 9.15. The average molecular weight is 285 g/mol. The highest BCUT2D eigenvalue weighted by atomic mass is 35.5. The fourth-order valence-electron chi connectivity index (χ4n) is 2.56. The van der Waals surface area contributed by atoms with Crippen molar-refractivity contribution in [2.45, 2.75) is 25.3 Å². The molecule has 1 heterocycles. The summed E-state index contributed by atoms with van der Waals surface area (Å²) < 4.78 is 13.8. The van der Waals surface area contributed by atoms with Gasteiger partial charge in [-0.3, -0.25) is 4.79 Å². The maximum atomic E-state index is 13.8. The van der Waals surface area contributed by atoms with Gasteiger partial charge in [-0.1, -0.05) is 17.7 Å². The number of halogens is 2. The molecule has 0 aliphatic carbocycles. The van der Waals surface area contributed by atoms with E-state index in [4.69, 9.17) is 11.6 Å². The second-order valence-electron chi connectivity index (χ2n) is 4.80. The van der Waals surface area contributed by atoms with Gasteiger partial charge < -0.3 is 10.2 Å². The highest BCUT2D eigenvalue weighted by Gasteiger charge is 2.29. The van der Waals surface area contributed by atoms with Crippen molar-refractivity contribution in [1.29, 1.82) is 0 Å². The third-order valence-electron chi connectivity index (χ3n) is 3.50.